The fourth-order valence-electron chi connectivity index (χ4n) is 0.751. The molecule has 0 N–H and O–H groups in total. The van der Waals surface area contributed by atoms with Gasteiger partial charge in [-0.05, 0) is 0 Å². The van der Waals surface area contributed by atoms with Gasteiger partial charge in [-0.2, -0.15) is 5.10 Å². The molecule has 0 aliphatic rings. The van der Waals surface area contributed by atoms with Crippen LogP contribution in [-0.4, -0.2) is 18.2 Å². The second kappa shape index (κ2) is 3.28. The smallest absolute Gasteiger partial charge is 0.236 e. The summed E-state index contributed by atoms with van der Waals surface area (Å²) in [5, 5.41) is 3.79. The van der Waals surface area contributed by atoms with E-state index in [1.54, 1.807) is 6.20 Å². The Kier molecular flexibility index (Phi) is 2.54. The van der Waals surface area contributed by atoms with Gasteiger partial charge in [-0.25, -0.2) is 13.1 Å². The van der Waals surface area contributed by atoms with Crippen LogP contribution in [0.15, 0.2) is 19.0 Å². The molecule has 4 nitrogen and oxygen atoms in total. The van der Waals surface area contributed by atoms with E-state index in [0.717, 1.165) is 0 Å². The van der Waals surface area contributed by atoms with Crippen LogP contribution in [0.1, 0.15) is 5.56 Å². The molecule has 0 atom stereocenters. The second-order valence-corrected chi connectivity index (χ2v) is 4.97. The molecule has 0 aromatic carbocycles. The molecule has 12 heavy (non-hydrogen) atoms. The van der Waals surface area contributed by atoms with Crippen molar-refractivity contribution in [3.05, 3.63) is 24.5 Å². The molecular formula is C6H7ClN2O2S. The molecule has 0 radical (unpaired) electrons. The van der Waals surface area contributed by atoms with Crippen molar-refractivity contribution < 1.29 is 8.42 Å². The van der Waals surface area contributed by atoms with Crippen LogP contribution in [0.2, 0.25) is 0 Å². The molecule has 0 fully saturated rings. The molecule has 6 heteroatoms. The molecule has 1 heterocycles. The molecule has 1 rings (SSSR count). The highest BCUT2D eigenvalue weighted by Crippen LogP contribution is 2.08. The van der Waals surface area contributed by atoms with Crippen molar-refractivity contribution in [1.29, 1.82) is 0 Å². The Hall–Kier alpha value is -0.810. The van der Waals surface area contributed by atoms with E-state index >= 15 is 0 Å². The molecule has 0 bridgehead atoms. The Morgan fingerprint density at radius 3 is 2.83 bits per heavy atom. The van der Waals surface area contributed by atoms with Gasteiger partial charge < -0.3 is 0 Å². The van der Waals surface area contributed by atoms with E-state index < -0.39 is 9.05 Å². The average molecular weight is 207 g/mol. The Morgan fingerprint density at radius 1 is 1.75 bits per heavy atom. The predicted molar refractivity (Wildman–Crippen MR) is 47.1 cm³/mol. The summed E-state index contributed by atoms with van der Waals surface area (Å²) in [7, 11) is 1.54. The lowest BCUT2D eigenvalue weighted by Crippen LogP contribution is -1.92. The van der Waals surface area contributed by atoms with Crippen molar-refractivity contribution in [2.24, 2.45) is 0 Å². The molecular weight excluding hydrogens is 200 g/mol. The minimum atomic E-state index is -3.49. The van der Waals surface area contributed by atoms with Crippen molar-refractivity contribution in [3.63, 3.8) is 0 Å². The standard InChI is InChI=1S/C6H7ClN2O2S/c1-2-9-4-6(3-8-9)5-12(7,10)11/h2-4H,1,5H2. The van der Waals surface area contributed by atoms with Crippen LogP contribution in [0.5, 0.6) is 0 Å². The highest BCUT2D eigenvalue weighted by Gasteiger charge is 2.07. The third-order valence-corrected chi connectivity index (χ3v) is 2.19. The number of aromatic nitrogens is 2. The van der Waals surface area contributed by atoms with Crippen LogP contribution in [0, 0.1) is 0 Å². The summed E-state index contributed by atoms with van der Waals surface area (Å²) in [6.07, 6.45) is 4.44. The molecule has 0 unspecified atom stereocenters. The van der Waals surface area contributed by atoms with Crippen LogP contribution < -0.4 is 0 Å². The third kappa shape index (κ3) is 2.67. The van der Waals surface area contributed by atoms with Crippen molar-refractivity contribution in [2.75, 3.05) is 0 Å². The van der Waals surface area contributed by atoms with E-state index in [2.05, 4.69) is 11.7 Å². The lowest BCUT2D eigenvalue weighted by molar-refractivity contribution is 0.609. The number of rotatable bonds is 3. The lowest BCUT2D eigenvalue weighted by atomic mass is 10.4. The minimum Gasteiger partial charge on any atom is -0.249 e. The molecule has 66 valence electrons. The summed E-state index contributed by atoms with van der Waals surface area (Å²) >= 11 is 0. The van der Waals surface area contributed by atoms with Gasteiger partial charge in [-0.3, -0.25) is 0 Å². The van der Waals surface area contributed by atoms with Crippen LogP contribution >= 0.6 is 10.7 Å². The van der Waals surface area contributed by atoms with Crippen molar-refractivity contribution in [1.82, 2.24) is 9.78 Å². The average Bonchev–Trinajstić information content (AvgIpc) is 2.32. The molecule has 1 aromatic rings. The zero-order valence-electron chi connectivity index (χ0n) is 6.14. The monoisotopic (exact) mass is 206 g/mol. The Labute approximate surface area is 74.9 Å². The first-order chi connectivity index (χ1) is 5.51. The van der Waals surface area contributed by atoms with Gasteiger partial charge in [-0.1, -0.05) is 6.58 Å². The Balaban J connectivity index is 2.84. The molecule has 0 aliphatic heterocycles. The fraction of sp³-hybridized carbons (Fsp3) is 0.167. The van der Waals surface area contributed by atoms with Crippen LogP contribution in [0.3, 0.4) is 0 Å². The van der Waals surface area contributed by atoms with Gasteiger partial charge in [0, 0.05) is 28.6 Å². The highest BCUT2D eigenvalue weighted by atomic mass is 35.7. The van der Waals surface area contributed by atoms with Gasteiger partial charge in [0.15, 0.2) is 0 Å². The molecule has 0 spiro atoms. The van der Waals surface area contributed by atoms with Gasteiger partial charge in [0.05, 0.1) is 11.9 Å². The molecule has 0 aliphatic carbocycles. The van der Waals surface area contributed by atoms with Gasteiger partial charge >= 0.3 is 0 Å². The molecule has 1 aromatic heterocycles. The summed E-state index contributed by atoms with van der Waals surface area (Å²) in [6.45, 7) is 3.46. The van der Waals surface area contributed by atoms with E-state index in [4.69, 9.17) is 10.7 Å². The first-order valence-electron chi connectivity index (χ1n) is 3.09. The molecule has 0 amide bonds. The van der Waals surface area contributed by atoms with E-state index in [1.165, 1.54) is 17.1 Å². The molecule has 0 saturated heterocycles. The zero-order valence-corrected chi connectivity index (χ0v) is 7.72. The van der Waals surface area contributed by atoms with E-state index in [-0.39, 0.29) is 5.75 Å². The summed E-state index contributed by atoms with van der Waals surface area (Å²) < 4.78 is 22.6. The van der Waals surface area contributed by atoms with Gasteiger partial charge in [0.1, 0.15) is 0 Å². The van der Waals surface area contributed by atoms with E-state index in [1.807, 2.05) is 0 Å². The number of hydrogen-bond acceptors (Lipinski definition) is 3. The van der Waals surface area contributed by atoms with E-state index in [9.17, 15) is 8.42 Å². The Morgan fingerprint density at radius 2 is 2.42 bits per heavy atom. The van der Waals surface area contributed by atoms with Gasteiger partial charge in [0.2, 0.25) is 9.05 Å². The van der Waals surface area contributed by atoms with Crippen LogP contribution in [0.4, 0.5) is 0 Å². The van der Waals surface area contributed by atoms with Gasteiger partial charge in [-0.15, -0.1) is 0 Å². The molecule has 0 saturated carbocycles. The summed E-state index contributed by atoms with van der Waals surface area (Å²) in [5.41, 5.74) is 0.546. The first kappa shape index (κ1) is 9.28. The Bertz CT molecular complexity index is 382. The SMILES string of the molecule is C=Cn1cc(CS(=O)(=O)Cl)cn1. The second-order valence-electron chi connectivity index (χ2n) is 2.19. The third-order valence-electron chi connectivity index (χ3n) is 1.18. The summed E-state index contributed by atoms with van der Waals surface area (Å²) in [4.78, 5) is 0. The summed E-state index contributed by atoms with van der Waals surface area (Å²) in [5.74, 6) is -0.206. The summed E-state index contributed by atoms with van der Waals surface area (Å²) in [6, 6.07) is 0. The normalized spacial score (nSPS) is 11.4. The van der Waals surface area contributed by atoms with Crippen LogP contribution in [0.25, 0.3) is 6.20 Å². The number of hydrogen-bond donors (Lipinski definition) is 0. The largest absolute Gasteiger partial charge is 0.249 e. The maximum absolute atomic E-state index is 10.6. The van der Waals surface area contributed by atoms with Crippen LogP contribution in [-0.2, 0) is 14.8 Å². The van der Waals surface area contributed by atoms with Crippen molar-refractivity contribution in [3.8, 4) is 0 Å². The highest BCUT2D eigenvalue weighted by molar-refractivity contribution is 8.13. The first-order valence-corrected chi connectivity index (χ1v) is 5.57. The quantitative estimate of drug-likeness (QED) is 0.695. The van der Waals surface area contributed by atoms with Gasteiger partial charge in [0.25, 0.3) is 0 Å². The fourth-order valence-corrected chi connectivity index (χ4v) is 1.68. The van der Waals surface area contributed by atoms with Crippen molar-refractivity contribution >= 4 is 25.9 Å². The maximum atomic E-state index is 10.6. The zero-order chi connectivity index (χ0) is 9.19. The maximum Gasteiger partial charge on any atom is 0.236 e. The lowest BCUT2D eigenvalue weighted by Gasteiger charge is -1.89. The minimum absolute atomic E-state index is 0.206. The number of halogens is 1. The van der Waals surface area contributed by atoms with Crippen molar-refractivity contribution in [2.45, 2.75) is 5.75 Å². The van der Waals surface area contributed by atoms with E-state index in [0.29, 0.717) is 5.56 Å². The topological polar surface area (TPSA) is 52.0 Å². The number of nitrogens with zero attached hydrogens (tertiary/aromatic N) is 2. The predicted octanol–water partition coefficient (Wildman–Crippen LogP) is 1.05.